The van der Waals surface area contributed by atoms with Crippen molar-refractivity contribution in [2.45, 2.75) is 6.54 Å². The molecule has 2 aromatic carbocycles. The highest BCUT2D eigenvalue weighted by molar-refractivity contribution is 5.82. The Morgan fingerprint density at radius 3 is 2.52 bits per heavy atom. The number of rotatable bonds is 7. The number of ether oxygens (including phenoxy) is 1. The molecule has 2 aromatic rings. The van der Waals surface area contributed by atoms with Crippen LogP contribution in [0.5, 0.6) is 5.75 Å². The third-order valence-electron chi connectivity index (χ3n) is 2.91. The van der Waals surface area contributed by atoms with Crippen molar-refractivity contribution < 1.29 is 19.6 Å². The predicted molar refractivity (Wildman–Crippen MR) is 90.7 cm³/mol. The van der Waals surface area contributed by atoms with Gasteiger partial charge in [-0.1, -0.05) is 35.2 Å². The molecular weight excluding hydrogens is 326 g/mol. The van der Waals surface area contributed by atoms with E-state index < -0.39 is 5.91 Å². The molecule has 0 atom stereocenters. The zero-order valence-corrected chi connectivity index (χ0v) is 13.4. The summed E-state index contributed by atoms with van der Waals surface area (Å²) in [6.45, 7) is -0.267. The molecule has 0 bridgehead atoms. The number of nitrogens with zero attached hydrogens (tertiary/aromatic N) is 3. The highest BCUT2D eigenvalue weighted by Gasteiger charge is 2.03. The maximum atomic E-state index is 11.6. The van der Waals surface area contributed by atoms with Crippen LogP contribution in [-0.4, -0.2) is 28.8 Å². The number of hydroxylamine groups is 1. The number of carbonyl (C=O) groups excluding carboxylic acids is 1. The van der Waals surface area contributed by atoms with Crippen LogP contribution >= 0.6 is 0 Å². The number of hydrazone groups is 1. The van der Waals surface area contributed by atoms with E-state index in [2.05, 4.69) is 15.8 Å². The third-order valence-corrected chi connectivity index (χ3v) is 2.91. The summed E-state index contributed by atoms with van der Waals surface area (Å²) in [5.41, 5.74) is 3.88. The number of carbonyl (C=O) groups is 1. The van der Waals surface area contributed by atoms with E-state index in [0.717, 1.165) is 5.56 Å². The van der Waals surface area contributed by atoms with Crippen LogP contribution < -0.4 is 16.3 Å². The van der Waals surface area contributed by atoms with Crippen LogP contribution in [-0.2, 0) is 11.3 Å². The Hall–Kier alpha value is -3.46. The molecule has 9 heteroatoms. The molecule has 0 saturated carbocycles. The first-order valence-electron chi connectivity index (χ1n) is 7.06. The molecule has 0 fully saturated rings. The lowest BCUT2D eigenvalue weighted by Crippen LogP contribution is -2.24. The standard InChI is InChI=1S/C16H16N4O4.H3N/c21-16(18-17-10-13-4-2-1-3-5-13)12-24-15-8-6-14(7-9-15)11-20(23)19-22;/h1-10,22H,11-12H2,(H,18,21);1H3/b17-10+,20-19?;. The molecule has 0 spiro atoms. The molecule has 0 aliphatic carbocycles. The van der Waals surface area contributed by atoms with Gasteiger partial charge in [-0.25, -0.2) is 5.43 Å². The zero-order chi connectivity index (χ0) is 17.2. The molecule has 5 N–H and O–H groups in total. The van der Waals surface area contributed by atoms with Crippen molar-refractivity contribution in [2.75, 3.05) is 6.61 Å². The minimum atomic E-state index is -0.393. The maximum Gasteiger partial charge on any atom is 0.277 e. The summed E-state index contributed by atoms with van der Waals surface area (Å²) in [4.78, 5) is 11.8. The number of nitrogens with one attached hydrogen (secondary N) is 1. The SMILES string of the molecule is N.O=C(COc1ccc(C[N+]([O-])=NO)cc1)N/N=C/c1ccccc1. The summed E-state index contributed by atoms with van der Waals surface area (Å²) < 4.78 is 5.31. The summed E-state index contributed by atoms with van der Waals surface area (Å²) in [5, 5.41) is 25.5. The first kappa shape index (κ1) is 19.6. The van der Waals surface area contributed by atoms with E-state index in [-0.39, 0.29) is 24.2 Å². The van der Waals surface area contributed by atoms with Gasteiger partial charge in [-0.3, -0.25) is 4.79 Å². The molecule has 132 valence electrons. The van der Waals surface area contributed by atoms with E-state index >= 15 is 0 Å². The average Bonchev–Trinajstić information content (AvgIpc) is 2.62. The molecule has 0 saturated heterocycles. The van der Waals surface area contributed by atoms with Crippen molar-refractivity contribution in [3.05, 3.63) is 70.9 Å². The second-order valence-corrected chi connectivity index (χ2v) is 4.74. The van der Waals surface area contributed by atoms with Crippen LogP contribution in [0.2, 0.25) is 0 Å². The first-order chi connectivity index (χ1) is 11.7. The van der Waals surface area contributed by atoms with Crippen molar-refractivity contribution >= 4 is 12.1 Å². The van der Waals surface area contributed by atoms with Gasteiger partial charge < -0.3 is 21.3 Å². The van der Waals surface area contributed by atoms with Crippen LogP contribution in [0.3, 0.4) is 0 Å². The maximum absolute atomic E-state index is 11.6. The summed E-state index contributed by atoms with van der Waals surface area (Å²) in [6.07, 6.45) is 1.54. The third kappa shape index (κ3) is 7.10. The molecule has 0 radical (unpaired) electrons. The Kier molecular flexibility index (Phi) is 8.10. The summed E-state index contributed by atoms with van der Waals surface area (Å²) >= 11 is 0. The Morgan fingerprint density at radius 2 is 1.88 bits per heavy atom. The molecule has 1 amide bonds. The number of benzene rings is 2. The van der Waals surface area contributed by atoms with Crippen LogP contribution in [0.15, 0.2) is 65.0 Å². The Morgan fingerprint density at radius 1 is 1.20 bits per heavy atom. The van der Waals surface area contributed by atoms with Crippen LogP contribution in [0.1, 0.15) is 11.1 Å². The average molecular weight is 345 g/mol. The van der Waals surface area contributed by atoms with Gasteiger partial charge in [0.25, 0.3) is 5.91 Å². The second-order valence-electron chi connectivity index (χ2n) is 4.74. The van der Waals surface area contributed by atoms with E-state index in [4.69, 9.17) is 9.94 Å². The highest BCUT2D eigenvalue weighted by atomic mass is 16.6. The van der Waals surface area contributed by atoms with Crippen molar-refractivity contribution in [1.82, 2.24) is 11.6 Å². The van der Waals surface area contributed by atoms with Crippen molar-refractivity contribution in [3.8, 4) is 5.75 Å². The smallest absolute Gasteiger partial charge is 0.277 e. The molecule has 25 heavy (non-hydrogen) atoms. The van der Waals surface area contributed by atoms with Crippen molar-refractivity contribution in [2.24, 2.45) is 10.4 Å². The largest absolute Gasteiger partial charge is 0.597 e. The zero-order valence-electron chi connectivity index (χ0n) is 13.4. The van der Waals surface area contributed by atoms with E-state index in [1.807, 2.05) is 30.3 Å². The van der Waals surface area contributed by atoms with Crippen LogP contribution in [0, 0.1) is 5.21 Å². The monoisotopic (exact) mass is 345 g/mol. The minimum absolute atomic E-state index is 0. The topological polar surface area (TPSA) is 144 Å². The molecule has 9 nitrogen and oxygen atoms in total. The second kappa shape index (κ2) is 10.3. The lowest BCUT2D eigenvalue weighted by molar-refractivity contribution is -0.570. The summed E-state index contributed by atoms with van der Waals surface area (Å²) in [6, 6.07) is 15.9. The van der Waals surface area contributed by atoms with Gasteiger partial charge in [0, 0.05) is 5.56 Å². The number of hydrogen-bond acceptors (Lipinski definition) is 6. The first-order valence-corrected chi connectivity index (χ1v) is 7.06. The Labute approximate surface area is 144 Å². The number of amides is 1. The van der Waals surface area contributed by atoms with Gasteiger partial charge in [-0.05, 0) is 29.8 Å². The van der Waals surface area contributed by atoms with Gasteiger partial charge in [-0.15, -0.1) is 0 Å². The van der Waals surface area contributed by atoms with Crippen molar-refractivity contribution in [3.63, 3.8) is 0 Å². The number of hydrogen-bond donors (Lipinski definition) is 3. The van der Waals surface area contributed by atoms with E-state index in [0.29, 0.717) is 11.3 Å². The molecule has 0 aliphatic rings. The minimum Gasteiger partial charge on any atom is -0.597 e. The predicted octanol–water partition coefficient (Wildman–Crippen LogP) is 2.23. The summed E-state index contributed by atoms with van der Waals surface area (Å²) in [7, 11) is 0. The molecule has 2 rings (SSSR count). The fraction of sp³-hybridized carbons (Fsp3) is 0.125. The molecular formula is C16H19N5O4. The Balaban J connectivity index is 0.00000312. The van der Waals surface area contributed by atoms with Gasteiger partial charge >= 0.3 is 0 Å². The lowest BCUT2D eigenvalue weighted by Gasteiger charge is -2.05. The molecule has 0 heterocycles. The van der Waals surface area contributed by atoms with Gasteiger partial charge in [0.05, 0.1) is 6.21 Å². The van der Waals surface area contributed by atoms with E-state index in [1.54, 1.807) is 24.3 Å². The van der Waals surface area contributed by atoms with Crippen molar-refractivity contribution in [1.29, 1.82) is 0 Å². The van der Waals surface area contributed by atoms with E-state index in [9.17, 15) is 10.0 Å². The Bertz CT molecular complexity index is 717. The summed E-state index contributed by atoms with van der Waals surface area (Å²) in [5.74, 6) is 0.0791. The molecule has 0 unspecified atom stereocenters. The fourth-order valence-corrected chi connectivity index (χ4v) is 1.78. The van der Waals surface area contributed by atoms with E-state index in [1.165, 1.54) is 6.21 Å². The lowest BCUT2D eigenvalue weighted by atomic mass is 10.2. The molecule has 0 aliphatic heterocycles. The highest BCUT2D eigenvalue weighted by Crippen LogP contribution is 2.12. The quantitative estimate of drug-likeness (QED) is 0.305. The van der Waals surface area contributed by atoms with Gasteiger partial charge in [-0.2, -0.15) is 5.10 Å². The molecule has 0 aromatic heterocycles. The van der Waals surface area contributed by atoms with Crippen LogP contribution in [0.25, 0.3) is 0 Å². The van der Waals surface area contributed by atoms with Gasteiger partial charge in [0.1, 0.15) is 5.75 Å². The van der Waals surface area contributed by atoms with Gasteiger partial charge in [0.2, 0.25) is 6.54 Å². The van der Waals surface area contributed by atoms with Crippen LogP contribution in [0.4, 0.5) is 0 Å². The fourth-order valence-electron chi connectivity index (χ4n) is 1.78. The normalized spacial score (nSPS) is 11.0. The van der Waals surface area contributed by atoms with Gasteiger partial charge in [0.15, 0.2) is 11.9 Å².